The molecule has 0 fully saturated rings. The van der Waals surface area contributed by atoms with Crippen molar-refractivity contribution in [1.29, 1.82) is 5.26 Å². The Hall–Kier alpha value is -15.4. The van der Waals surface area contributed by atoms with E-state index in [0.717, 1.165) is 124 Å². The van der Waals surface area contributed by atoms with E-state index in [1.54, 1.807) is 56.2 Å². The van der Waals surface area contributed by atoms with Gasteiger partial charge in [-0.05, 0) is 207 Å². The summed E-state index contributed by atoms with van der Waals surface area (Å²) in [6.07, 6.45) is 24.8. The first-order valence-corrected chi connectivity index (χ1v) is 47.7. The number of carboxylic acids is 1. The third-order valence-corrected chi connectivity index (χ3v) is 24.5. The van der Waals surface area contributed by atoms with E-state index < -0.39 is 28.7 Å². The standard InChI is InChI=1S/C33H40N3O5.C23H22N3O.C22H15N2O.C19H13N2.C10H9N2.C9H7N2.C6H5NO2.4Ir/c1-23(21-34)13-14-33(6,22-32(4,5)30(37)39-7)31(38)41-18-17-40-27-19-24(2)28(25(3)20-27)36-16-15-35-29(36)26-11-9-8-10-12-26;1-14-11-17(4)22(18(5)12-14)26-13-20(21-15(2)7-6-8-16(21)3)24-23(26)19-9-10-27-25-19;1-15-7-2-4-11-19(15)24-14-13-23-22(24)18-10-6-9-17-16-8-3-5-12-20(16)25-21(17)18;1-2-8-18(9-3-1)21-13-12-20-19(21)17-11-10-15-6-4-5-7-16(15)14-17;1-12-8-7-11-10(12)9-5-3-2-4-6-9;1-2-5-9(6-3-1)11-8-4-7-10-11;8-6(9)5-3-1-2-4-7-5;;;;/h8-11,15-16,19-20,23H,13-14,17-18,22H2,1-7H3;6-8,10-13H,1-5H3;2-9,11-14H,1H3;1-10,12-14H;2-5,7-8H,1H3;1-5,7-8H;1-4H,(H,8,9);;;;/q6*-1;;;;;. The molecule has 21 rings (SSSR count). The molecule has 28 heteroatoms. The molecule has 770 valence electrons. The number of aromatic nitrogens is 14. The number of fused-ring (bicyclic) bond motifs is 4. The molecule has 2 unspecified atom stereocenters. The van der Waals surface area contributed by atoms with Gasteiger partial charge in [-0.3, -0.25) is 34.2 Å². The van der Waals surface area contributed by atoms with Gasteiger partial charge in [-0.15, -0.1) is 130 Å². The first-order chi connectivity index (χ1) is 70.8. The average Bonchev–Trinajstić information content (AvgIpc) is 1.61. The number of furan rings is 1. The van der Waals surface area contributed by atoms with Gasteiger partial charge in [0.15, 0.2) is 0 Å². The number of nitrogens with zero attached hydrogens (tertiary/aromatic N) is 15. The van der Waals surface area contributed by atoms with Gasteiger partial charge < -0.3 is 56.1 Å². The molecule has 0 saturated heterocycles. The van der Waals surface area contributed by atoms with Crippen LogP contribution in [0.3, 0.4) is 0 Å². The molecule has 21 aromatic rings. The van der Waals surface area contributed by atoms with Crippen molar-refractivity contribution in [3.05, 3.63) is 434 Å². The Morgan fingerprint density at radius 1 is 0.500 bits per heavy atom. The van der Waals surface area contributed by atoms with Crippen molar-refractivity contribution in [3.8, 4) is 109 Å². The molecule has 0 amide bonds. The Morgan fingerprint density at radius 3 is 1.71 bits per heavy atom. The number of aromatic carboxylic acids is 1. The van der Waals surface area contributed by atoms with Crippen LogP contribution in [0.25, 0.3) is 129 Å². The fraction of sp³-hybridized carbons (Fsp3) is 0.180. The molecule has 0 bridgehead atoms. The van der Waals surface area contributed by atoms with Crippen LogP contribution in [0.1, 0.15) is 102 Å². The van der Waals surface area contributed by atoms with E-state index in [9.17, 15) is 19.6 Å². The number of carboxylic acid groups (broad SMARTS) is 1. The summed E-state index contributed by atoms with van der Waals surface area (Å²) in [5, 5.41) is 30.3. The normalized spacial score (nSPS) is 11.2. The largest absolute Gasteiger partial charge is 0.501 e. The minimum absolute atomic E-state index is 0. The number of benzene rings is 12. The second kappa shape index (κ2) is 54.5. The maximum atomic E-state index is 13.3. The third-order valence-electron chi connectivity index (χ3n) is 24.5. The van der Waals surface area contributed by atoms with Crippen LogP contribution < -0.4 is 4.74 Å². The average molecular weight is 2700 g/mol. The molecule has 150 heavy (non-hydrogen) atoms. The number of ether oxygens (including phenoxy) is 3. The molecule has 0 spiro atoms. The number of carbonyl (C=O) groups excluding carboxylic acids is 2. The predicted octanol–water partition coefficient (Wildman–Crippen LogP) is 26.3. The van der Waals surface area contributed by atoms with Crippen molar-refractivity contribution >= 4 is 50.6 Å². The van der Waals surface area contributed by atoms with E-state index >= 15 is 0 Å². The van der Waals surface area contributed by atoms with E-state index in [-0.39, 0.29) is 112 Å². The van der Waals surface area contributed by atoms with Crippen molar-refractivity contribution in [2.75, 3.05) is 20.3 Å². The molecule has 24 nitrogen and oxygen atoms in total. The number of methoxy groups -OCH3 is 1. The minimum atomic E-state index is -0.990. The molecule has 9 aromatic heterocycles. The summed E-state index contributed by atoms with van der Waals surface area (Å²) < 4.78 is 39.8. The van der Waals surface area contributed by atoms with Gasteiger partial charge in [0.25, 0.3) is 0 Å². The molecule has 0 saturated carbocycles. The van der Waals surface area contributed by atoms with Crippen LogP contribution in [0.2, 0.25) is 0 Å². The van der Waals surface area contributed by atoms with Crippen molar-refractivity contribution < 1.29 is 123 Å². The van der Waals surface area contributed by atoms with E-state index in [0.29, 0.717) is 24.3 Å². The van der Waals surface area contributed by atoms with Crippen molar-refractivity contribution in [3.63, 3.8) is 0 Å². The Labute approximate surface area is 928 Å². The van der Waals surface area contributed by atoms with E-state index in [2.05, 4.69) is 224 Å². The van der Waals surface area contributed by atoms with Gasteiger partial charge in [0, 0.05) is 214 Å². The van der Waals surface area contributed by atoms with E-state index in [1.807, 2.05) is 244 Å². The Bertz CT molecular complexity index is 7940. The molecule has 1 N–H and O–H groups in total. The minimum Gasteiger partial charge on any atom is -0.501 e. The predicted molar refractivity (Wildman–Crippen MR) is 570 cm³/mol. The fourth-order valence-corrected chi connectivity index (χ4v) is 17.7. The molecule has 0 aliphatic heterocycles. The van der Waals surface area contributed by atoms with Gasteiger partial charge in [-0.1, -0.05) is 137 Å². The van der Waals surface area contributed by atoms with Crippen LogP contribution in [0, 0.1) is 120 Å². The summed E-state index contributed by atoms with van der Waals surface area (Å²) >= 11 is 0. The first-order valence-electron chi connectivity index (χ1n) is 47.7. The Kier molecular flexibility index (Phi) is 41.8. The first kappa shape index (κ1) is 115. The second-order valence-corrected chi connectivity index (χ2v) is 36.0. The van der Waals surface area contributed by atoms with Gasteiger partial charge in [-0.25, -0.2) is 9.78 Å². The second-order valence-electron chi connectivity index (χ2n) is 36.0. The van der Waals surface area contributed by atoms with Gasteiger partial charge in [-0.2, -0.15) is 40.7 Å². The van der Waals surface area contributed by atoms with E-state index in [4.69, 9.17) is 33.2 Å². The summed E-state index contributed by atoms with van der Waals surface area (Å²) in [5.74, 6) is 2.88. The van der Waals surface area contributed by atoms with Crippen LogP contribution in [-0.4, -0.2) is 111 Å². The maximum Gasteiger partial charge on any atom is 0.354 e. The summed E-state index contributed by atoms with van der Waals surface area (Å²) in [7, 11) is 3.31. The number of hydrogen-bond acceptors (Lipinski definition) is 17. The van der Waals surface area contributed by atoms with Gasteiger partial charge >= 0.3 is 17.9 Å². The molecule has 4 radical (unpaired) electrons. The monoisotopic (exact) mass is 2700 g/mol. The molecule has 0 aliphatic rings. The zero-order chi connectivity index (χ0) is 103. The zero-order valence-corrected chi connectivity index (χ0v) is 94.9. The number of rotatable bonds is 23. The zero-order valence-electron chi connectivity index (χ0n) is 85.3. The fourth-order valence-electron chi connectivity index (χ4n) is 17.7. The van der Waals surface area contributed by atoms with Crippen LogP contribution in [0.5, 0.6) is 5.75 Å². The molecule has 12 aromatic carbocycles. The van der Waals surface area contributed by atoms with E-state index in [1.165, 1.54) is 69.8 Å². The number of imidazole rings is 5. The molecular weight excluding hydrogens is 2590 g/mol. The summed E-state index contributed by atoms with van der Waals surface area (Å²) in [6.45, 7) is 24.1. The summed E-state index contributed by atoms with van der Waals surface area (Å²) in [6, 6.07) is 109. The van der Waals surface area contributed by atoms with Gasteiger partial charge in [0.05, 0.1) is 58.6 Å². The SMILES string of the molecule is COC(=O)C(C)(C)CC(C)(CCC(C)C#N)C(=O)OCCOc1cc(C)c(-n2ccnc2-c2[c-]cccc2)c(C)c1.Cc1cc(C)c(-n2cc(-c3c(C)cccc3C)nc2-c2[c-]con2)c(C)c1.Cc1ccccc1-n1ccnc1-c1[c-]ccc2c1oc1ccccc12.Cn1ccnc1-c1[c-]cccc1.O=C(O)c1ccccn1.[Ir].[Ir].[Ir].[Ir].[c-]1cc2ccccc2cc1-c1nccn1-c1ccccc1.[c-]1ccccc1-n1cccn1. The van der Waals surface area contributed by atoms with Crippen LogP contribution in [0.4, 0.5) is 0 Å². The molecular formula is C122H111Ir4N15O9-6. The van der Waals surface area contributed by atoms with Crippen molar-refractivity contribution in [2.45, 2.75) is 102 Å². The smallest absolute Gasteiger partial charge is 0.354 e. The van der Waals surface area contributed by atoms with Gasteiger partial charge in [0.1, 0.15) is 30.2 Å². The number of aryl methyl sites for hydroxylation is 9. The quantitative estimate of drug-likeness (QED) is 0.0354. The summed E-state index contributed by atoms with van der Waals surface area (Å²) in [4.78, 5) is 62.1. The summed E-state index contributed by atoms with van der Waals surface area (Å²) in [5.41, 5.74) is 21.0. The molecule has 2 atom stereocenters. The number of carbonyl (C=O) groups is 3. The van der Waals surface area contributed by atoms with Crippen molar-refractivity contribution in [2.24, 2.45) is 23.8 Å². The maximum absolute atomic E-state index is 13.3. The molecule has 0 aliphatic carbocycles. The number of hydrogen-bond donors (Lipinski definition) is 1. The molecule has 9 heterocycles. The number of pyridine rings is 1. The number of nitriles is 1. The number of esters is 2. The Balaban J connectivity index is 0.000000173. The van der Waals surface area contributed by atoms with Crippen molar-refractivity contribution in [1.82, 2.24) is 67.7 Å². The van der Waals surface area contributed by atoms with Crippen LogP contribution in [0.15, 0.2) is 356 Å². The number of para-hydroxylation sites is 4. The Morgan fingerprint density at radius 2 is 1.09 bits per heavy atom. The topological polar surface area (TPSA) is 282 Å². The van der Waals surface area contributed by atoms with Gasteiger partial charge in [0.2, 0.25) is 0 Å². The van der Waals surface area contributed by atoms with Crippen LogP contribution in [-0.2, 0) is 107 Å². The third kappa shape index (κ3) is 28.6. The van der Waals surface area contributed by atoms with Crippen LogP contribution >= 0.6 is 0 Å².